The van der Waals surface area contributed by atoms with Gasteiger partial charge in [0, 0.05) is 13.1 Å². The van der Waals surface area contributed by atoms with E-state index in [4.69, 9.17) is 11.6 Å². The largest absolute Gasteiger partial charge is 0.391 e. The van der Waals surface area contributed by atoms with Crippen molar-refractivity contribution in [1.29, 1.82) is 0 Å². The van der Waals surface area contributed by atoms with Crippen LogP contribution in [0.2, 0.25) is 5.02 Å². The molecule has 0 aromatic carbocycles. The van der Waals surface area contributed by atoms with Crippen molar-refractivity contribution in [1.82, 2.24) is 9.78 Å². The molecule has 0 spiro atoms. The van der Waals surface area contributed by atoms with Gasteiger partial charge in [-0.3, -0.25) is 4.79 Å². The van der Waals surface area contributed by atoms with E-state index in [1.54, 1.807) is 0 Å². The second-order valence-corrected chi connectivity index (χ2v) is 4.19. The predicted molar refractivity (Wildman–Crippen MR) is 68.6 cm³/mol. The monoisotopic (exact) mass is 259 g/mol. The first-order chi connectivity index (χ1) is 8.10. The van der Waals surface area contributed by atoms with Crippen molar-refractivity contribution in [2.24, 2.45) is 0 Å². The van der Waals surface area contributed by atoms with E-state index in [0.717, 1.165) is 6.42 Å². The topological polar surface area (TPSA) is 67.2 Å². The summed E-state index contributed by atoms with van der Waals surface area (Å²) in [6.07, 6.45) is 2.69. The van der Waals surface area contributed by atoms with E-state index in [2.05, 4.69) is 10.4 Å². The van der Waals surface area contributed by atoms with E-state index >= 15 is 0 Å². The highest BCUT2D eigenvalue weighted by atomic mass is 35.5. The molecule has 96 valence electrons. The van der Waals surface area contributed by atoms with Crippen LogP contribution >= 0.6 is 11.6 Å². The molecular weight excluding hydrogens is 242 g/mol. The number of halogens is 1. The highest BCUT2D eigenvalue weighted by molar-refractivity contribution is 6.32. The van der Waals surface area contributed by atoms with E-state index in [1.807, 2.05) is 13.8 Å². The van der Waals surface area contributed by atoms with Crippen LogP contribution in [0.5, 0.6) is 0 Å². The third-order valence-corrected chi connectivity index (χ3v) is 2.80. The highest BCUT2D eigenvalue weighted by Crippen LogP contribution is 2.15. The molecule has 0 fully saturated rings. The lowest BCUT2D eigenvalue weighted by molar-refractivity contribution is 0.176. The zero-order valence-electron chi connectivity index (χ0n) is 10.1. The summed E-state index contributed by atoms with van der Waals surface area (Å²) in [5, 5.41) is 16.6. The molecule has 1 atom stereocenters. The number of aromatic nitrogens is 2. The van der Waals surface area contributed by atoms with Crippen molar-refractivity contribution >= 4 is 17.3 Å². The van der Waals surface area contributed by atoms with Gasteiger partial charge in [-0.2, -0.15) is 5.10 Å². The van der Waals surface area contributed by atoms with Crippen LogP contribution < -0.4 is 10.9 Å². The molecule has 0 aliphatic carbocycles. The number of nitrogens with one attached hydrogen (secondary N) is 1. The maximum absolute atomic E-state index is 11.7. The van der Waals surface area contributed by atoms with Crippen LogP contribution in [0.25, 0.3) is 0 Å². The van der Waals surface area contributed by atoms with Gasteiger partial charge in [0.15, 0.2) is 0 Å². The van der Waals surface area contributed by atoms with Crippen LogP contribution in [0.1, 0.15) is 26.7 Å². The average Bonchev–Trinajstić information content (AvgIpc) is 2.31. The fourth-order valence-electron chi connectivity index (χ4n) is 1.48. The molecule has 0 amide bonds. The molecule has 1 aromatic heterocycles. The van der Waals surface area contributed by atoms with Crippen LogP contribution in [-0.2, 0) is 6.54 Å². The SMILES string of the molecule is CCCC(O)CNc1cnn(CC)c(=O)c1Cl. The van der Waals surface area contributed by atoms with E-state index in [1.165, 1.54) is 10.9 Å². The third kappa shape index (κ3) is 3.71. The van der Waals surface area contributed by atoms with Gasteiger partial charge in [0.1, 0.15) is 5.02 Å². The number of aliphatic hydroxyl groups excluding tert-OH is 1. The average molecular weight is 260 g/mol. The molecule has 0 radical (unpaired) electrons. The van der Waals surface area contributed by atoms with Gasteiger partial charge < -0.3 is 10.4 Å². The van der Waals surface area contributed by atoms with Gasteiger partial charge in [-0.15, -0.1) is 0 Å². The highest BCUT2D eigenvalue weighted by Gasteiger charge is 2.09. The van der Waals surface area contributed by atoms with Gasteiger partial charge in [-0.25, -0.2) is 4.68 Å². The normalized spacial score (nSPS) is 12.5. The summed E-state index contributed by atoms with van der Waals surface area (Å²) < 4.78 is 1.29. The van der Waals surface area contributed by atoms with Crippen LogP contribution in [0.3, 0.4) is 0 Å². The summed E-state index contributed by atoms with van der Waals surface area (Å²) in [5.41, 5.74) is 0.153. The molecule has 5 nitrogen and oxygen atoms in total. The first-order valence-corrected chi connectivity index (χ1v) is 6.15. The zero-order valence-corrected chi connectivity index (χ0v) is 10.9. The van der Waals surface area contributed by atoms with Gasteiger partial charge in [0.05, 0.1) is 18.0 Å². The van der Waals surface area contributed by atoms with E-state index in [9.17, 15) is 9.90 Å². The summed E-state index contributed by atoms with van der Waals surface area (Å²) in [7, 11) is 0. The maximum atomic E-state index is 11.7. The molecule has 1 heterocycles. The Morgan fingerprint density at radius 3 is 2.88 bits per heavy atom. The van der Waals surface area contributed by atoms with Crippen LogP contribution in [-0.4, -0.2) is 27.5 Å². The van der Waals surface area contributed by atoms with Gasteiger partial charge in [0.2, 0.25) is 0 Å². The Morgan fingerprint density at radius 2 is 2.29 bits per heavy atom. The van der Waals surface area contributed by atoms with Crippen molar-refractivity contribution in [3.63, 3.8) is 0 Å². The molecule has 0 bridgehead atoms. The molecule has 1 unspecified atom stereocenters. The molecule has 0 saturated heterocycles. The van der Waals surface area contributed by atoms with Crippen molar-refractivity contribution in [3.8, 4) is 0 Å². The summed E-state index contributed by atoms with van der Waals surface area (Å²) in [4.78, 5) is 11.7. The van der Waals surface area contributed by atoms with Crippen LogP contribution in [0, 0.1) is 0 Å². The predicted octanol–water partition coefficient (Wildman–Crippen LogP) is 1.49. The summed E-state index contributed by atoms with van der Waals surface area (Å²) in [6, 6.07) is 0. The fraction of sp³-hybridized carbons (Fsp3) is 0.636. The molecule has 6 heteroatoms. The molecule has 2 N–H and O–H groups in total. The lowest BCUT2D eigenvalue weighted by atomic mass is 10.2. The van der Waals surface area contributed by atoms with E-state index in [-0.39, 0.29) is 10.6 Å². The number of rotatable bonds is 6. The first kappa shape index (κ1) is 14.0. The van der Waals surface area contributed by atoms with Crippen molar-refractivity contribution in [2.75, 3.05) is 11.9 Å². The Bertz CT molecular complexity index is 420. The van der Waals surface area contributed by atoms with Gasteiger partial charge in [-0.05, 0) is 13.3 Å². The summed E-state index contributed by atoms with van der Waals surface area (Å²) in [6.45, 7) is 4.67. The first-order valence-electron chi connectivity index (χ1n) is 5.77. The molecule has 0 saturated carbocycles. The number of aryl methyl sites for hydroxylation is 1. The number of nitrogens with zero attached hydrogens (tertiary/aromatic N) is 2. The second-order valence-electron chi connectivity index (χ2n) is 3.82. The third-order valence-electron chi connectivity index (χ3n) is 2.43. The van der Waals surface area contributed by atoms with Crippen LogP contribution in [0.15, 0.2) is 11.0 Å². The summed E-state index contributed by atoms with van der Waals surface area (Å²) >= 11 is 5.92. The molecule has 1 rings (SSSR count). The molecule has 0 aliphatic rings. The van der Waals surface area contributed by atoms with Gasteiger partial charge in [0.25, 0.3) is 5.56 Å². The minimum Gasteiger partial charge on any atom is -0.391 e. The van der Waals surface area contributed by atoms with Crippen LogP contribution in [0.4, 0.5) is 5.69 Å². The molecule has 17 heavy (non-hydrogen) atoms. The fourth-order valence-corrected chi connectivity index (χ4v) is 1.69. The van der Waals surface area contributed by atoms with Crippen molar-refractivity contribution in [2.45, 2.75) is 39.3 Å². The zero-order chi connectivity index (χ0) is 12.8. The van der Waals surface area contributed by atoms with Gasteiger partial charge in [-0.1, -0.05) is 24.9 Å². The Balaban J connectivity index is 2.73. The van der Waals surface area contributed by atoms with E-state index in [0.29, 0.717) is 25.2 Å². The molecule has 1 aromatic rings. The van der Waals surface area contributed by atoms with Crippen molar-refractivity contribution in [3.05, 3.63) is 21.6 Å². The Kier molecular flexibility index (Phi) is 5.44. The Morgan fingerprint density at radius 1 is 1.59 bits per heavy atom. The van der Waals surface area contributed by atoms with Gasteiger partial charge >= 0.3 is 0 Å². The minimum absolute atomic E-state index is 0.116. The number of aliphatic hydroxyl groups is 1. The van der Waals surface area contributed by atoms with Crippen molar-refractivity contribution < 1.29 is 5.11 Å². The number of hydrogen-bond acceptors (Lipinski definition) is 4. The molecule has 0 aliphatic heterocycles. The standard InChI is InChI=1S/C11H18ClN3O2/c1-3-5-8(16)6-13-9-7-14-15(4-2)11(17)10(9)12/h7-8,13,16H,3-6H2,1-2H3. The minimum atomic E-state index is -0.440. The quantitative estimate of drug-likeness (QED) is 0.812. The summed E-state index contributed by atoms with van der Waals surface area (Å²) in [5.74, 6) is 0. The van der Waals surface area contributed by atoms with E-state index < -0.39 is 6.10 Å². The Hall–Kier alpha value is -1.07. The lowest BCUT2D eigenvalue weighted by Gasteiger charge is -2.13. The Labute approximate surface area is 105 Å². The smallest absolute Gasteiger partial charge is 0.287 e. The second kappa shape index (κ2) is 6.61. The number of hydrogen-bond donors (Lipinski definition) is 2. The molecular formula is C11H18ClN3O2. The number of anilines is 1. The maximum Gasteiger partial charge on any atom is 0.287 e. The lowest BCUT2D eigenvalue weighted by Crippen LogP contribution is -2.25.